The summed E-state index contributed by atoms with van der Waals surface area (Å²) < 4.78 is 33.3. The van der Waals surface area contributed by atoms with E-state index in [-0.39, 0.29) is 15.0 Å². The predicted octanol–water partition coefficient (Wildman–Crippen LogP) is 3.76. The summed E-state index contributed by atoms with van der Waals surface area (Å²) >= 11 is 7.17. The first kappa shape index (κ1) is 15.1. The molecule has 0 radical (unpaired) electrons. The van der Waals surface area contributed by atoms with Gasteiger partial charge >= 0.3 is 0 Å². The minimum absolute atomic E-state index is 0.0166. The Morgan fingerprint density at radius 1 is 1.18 bits per heavy atom. The number of fused-ring (bicyclic) bond motifs is 1. The monoisotopic (exact) mass is 354 g/mol. The van der Waals surface area contributed by atoms with E-state index < -0.39 is 10.0 Å². The van der Waals surface area contributed by atoms with Gasteiger partial charge < -0.3 is 4.74 Å². The number of aromatic nitrogens is 1. The van der Waals surface area contributed by atoms with Crippen LogP contribution in [0.15, 0.2) is 47.4 Å². The minimum atomic E-state index is -3.79. The van der Waals surface area contributed by atoms with E-state index in [4.69, 9.17) is 16.3 Å². The molecule has 0 saturated carbocycles. The normalized spacial score (nSPS) is 11.5. The maximum absolute atomic E-state index is 12.4. The number of sulfonamides is 1. The van der Waals surface area contributed by atoms with Crippen molar-refractivity contribution in [2.75, 3.05) is 11.8 Å². The van der Waals surface area contributed by atoms with Gasteiger partial charge in [0, 0.05) is 0 Å². The second-order valence-electron chi connectivity index (χ2n) is 4.36. The summed E-state index contributed by atoms with van der Waals surface area (Å²) in [5, 5.41) is 0.424. The van der Waals surface area contributed by atoms with Crippen LogP contribution in [-0.4, -0.2) is 20.5 Å². The number of halogens is 1. The van der Waals surface area contributed by atoms with Crippen LogP contribution in [0.1, 0.15) is 0 Å². The number of ether oxygens (including phenoxy) is 1. The van der Waals surface area contributed by atoms with Crippen molar-refractivity contribution in [3.63, 3.8) is 0 Å². The first-order valence-electron chi connectivity index (χ1n) is 6.22. The van der Waals surface area contributed by atoms with Gasteiger partial charge in [-0.1, -0.05) is 41.1 Å². The van der Waals surface area contributed by atoms with E-state index in [0.29, 0.717) is 11.3 Å². The topological polar surface area (TPSA) is 68.3 Å². The first-order valence-corrected chi connectivity index (χ1v) is 8.90. The number of nitrogens with one attached hydrogen (secondary N) is 1. The molecule has 22 heavy (non-hydrogen) atoms. The van der Waals surface area contributed by atoms with E-state index in [2.05, 4.69) is 9.71 Å². The summed E-state index contributed by atoms with van der Waals surface area (Å²) in [7, 11) is -2.24. The Balaban J connectivity index is 2.01. The van der Waals surface area contributed by atoms with E-state index in [1.54, 1.807) is 25.3 Å². The fourth-order valence-electron chi connectivity index (χ4n) is 1.96. The van der Waals surface area contributed by atoms with Crippen LogP contribution in [-0.2, 0) is 10.0 Å². The van der Waals surface area contributed by atoms with Gasteiger partial charge in [-0.15, -0.1) is 0 Å². The lowest BCUT2D eigenvalue weighted by Gasteiger charge is -2.06. The molecule has 0 bridgehead atoms. The number of anilines is 1. The van der Waals surface area contributed by atoms with E-state index in [1.165, 1.54) is 23.5 Å². The lowest BCUT2D eigenvalue weighted by atomic mass is 10.3. The molecule has 0 unspecified atom stereocenters. The molecular weight excluding hydrogens is 344 g/mol. The maximum Gasteiger partial charge on any atom is 0.265 e. The average Bonchev–Trinajstić information content (AvgIpc) is 2.88. The molecule has 0 spiro atoms. The molecule has 0 aliphatic heterocycles. The van der Waals surface area contributed by atoms with Crippen LogP contribution in [0, 0.1) is 0 Å². The van der Waals surface area contributed by atoms with Crippen LogP contribution < -0.4 is 9.46 Å². The highest BCUT2D eigenvalue weighted by Crippen LogP contribution is 2.33. The summed E-state index contributed by atoms with van der Waals surface area (Å²) in [6, 6.07) is 11.7. The van der Waals surface area contributed by atoms with Crippen molar-refractivity contribution in [1.29, 1.82) is 0 Å². The largest absolute Gasteiger partial charge is 0.494 e. The van der Waals surface area contributed by atoms with Gasteiger partial charge in [0.15, 0.2) is 5.13 Å². The van der Waals surface area contributed by atoms with Crippen LogP contribution in [0.3, 0.4) is 0 Å². The zero-order chi connectivity index (χ0) is 15.7. The third kappa shape index (κ3) is 2.75. The minimum Gasteiger partial charge on any atom is -0.494 e. The van der Waals surface area contributed by atoms with Crippen molar-refractivity contribution < 1.29 is 13.2 Å². The van der Waals surface area contributed by atoms with Gasteiger partial charge in [0.2, 0.25) is 0 Å². The van der Waals surface area contributed by atoms with E-state index in [9.17, 15) is 8.42 Å². The van der Waals surface area contributed by atoms with Gasteiger partial charge in [0.25, 0.3) is 10.0 Å². The molecule has 0 aliphatic carbocycles. The SMILES string of the molecule is COc1cccc2sc(NS(=O)(=O)c3ccccc3Cl)nc12. The van der Waals surface area contributed by atoms with Crippen molar-refractivity contribution in [3.05, 3.63) is 47.5 Å². The molecule has 0 amide bonds. The lowest BCUT2D eigenvalue weighted by Crippen LogP contribution is -2.13. The number of hydrogen-bond donors (Lipinski definition) is 1. The number of benzene rings is 2. The Morgan fingerprint density at radius 2 is 1.95 bits per heavy atom. The zero-order valence-corrected chi connectivity index (χ0v) is 13.8. The van der Waals surface area contributed by atoms with Crippen molar-refractivity contribution in [1.82, 2.24) is 4.98 Å². The lowest BCUT2D eigenvalue weighted by molar-refractivity contribution is 0.419. The van der Waals surface area contributed by atoms with Gasteiger partial charge in [0.1, 0.15) is 16.2 Å². The van der Waals surface area contributed by atoms with Crippen LogP contribution >= 0.6 is 22.9 Å². The molecule has 114 valence electrons. The van der Waals surface area contributed by atoms with Crippen molar-refractivity contribution in [2.45, 2.75) is 4.90 Å². The highest BCUT2D eigenvalue weighted by molar-refractivity contribution is 7.93. The second-order valence-corrected chi connectivity index (χ2v) is 7.45. The smallest absolute Gasteiger partial charge is 0.265 e. The van der Waals surface area contributed by atoms with Gasteiger partial charge in [0.05, 0.1) is 16.8 Å². The zero-order valence-electron chi connectivity index (χ0n) is 11.4. The van der Waals surface area contributed by atoms with Crippen LogP contribution in [0.2, 0.25) is 5.02 Å². The molecule has 3 rings (SSSR count). The fraction of sp³-hybridized carbons (Fsp3) is 0.0714. The maximum atomic E-state index is 12.4. The number of nitrogens with zero attached hydrogens (tertiary/aromatic N) is 1. The number of rotatable bonds is 4. The molecule has 0 atom stereocenters. The van der Waals surface area contributed by atoms with E-state index in [0.717, 1.165) is 4.70 Å². The van der Waals surface area contributed by atoms with Gasteiger partial charge in [-0.3, -0.25) is 4.72 Å². The number of hydrogen-bond acceptors (Lipinski definition) is 5. The summed E-state index contributed by atoms with van der Waals surface area (Å²) in [4.78, 5) is 4.30. The molecule has 2 aromatic carbocycles. The highest BCUT2D eigenvalue weighted by atomic mass is 35.5. The Labute approximate surface area is 136 Å². The Hall–Kier alpha value is -1.83. The summed E-state index contributed by atoms with van der Waals surface area (Å²) in [6.45, 7) is 0. The Kier molecular flexibility index (Phi) is 3.94. The van der Waals surface area contributed by atoms with Gasteiger partial charge in [-0.25, -0.2) is 13.4 Å². The molecule has 1 heterocycles. The van der Waals surface area contributed by atoms with E-state index >= 15 is 0 Å². The number of thiazole rings is 1. The highest BCUT2D eigenvalue weighted by Gasteiger charge is 2.20. The molecular formula is C14H11ClN2O3S2. The quantitative estimate of drug-likeness (QED) is 0.774. The van der Waals surface area contributed by atoms with E-state index in [1.807, 2.05) is 12.1 Å². The predicted molar refractivity (Wildman–Crippen MR) is 88.4 cm³/mol. The van der Waals surface area contributed by atoms with Crippen LogP contribution in [0.4, 0.5) is 5.13 Å². The number of para-hydroxylation sites is 1. The van der Waals surface area contributed by atoms with Crippen molar-refractivity contribution in [3.8, 4) is 5.75 Å². The molecule has 8 heteroatoms. The molecule has 5 nitrogen and oxygen atoms in total. The Bertz CT molecular complexity index is 938. The molecule has 0 saturated heterocycles. The average molecular weight is 355 g/mol. The fourth-order valence-corrected chi connectivity index (χ4v) is 4.60. The Morgan fingerprint density at radius 3 is 2.68 bits per heavy atom. The van der Waals surface area contributed by atoms with Crippen LogP contribution in [0.25, 0.3) is 10.2 Å². The summed E-state index contributed by atoms with van der Waals surface area (Å²) in [5.74, 6) is 0.594. The second kappa shape index (κ2) is 5.75. The number of methoxy groups -OCH3 is 1. The molecule has 1 aromatic heterocycles. The third-order valence-electron chi connectivity index (χ3n) is 2.95. The summed E-state index contributed by atoms with van der Waals surface area (Å²) in [5.41, 5.74) is 0.617. The van der Waals surface area contributed by atoms with Gasteiger partial charge in [-0.2, -0.15) is 0 Å². The standard InChI is InChI=1S/C14H11ClN2O3S2/c1-20-10-6-4-7-11-13(10)16-14(21-11)17-22(18,19)12-8-3-2-5-9(12)15/h2-8H,1H3,(H,16,17). The van der Waals surface area contributed by atoms with Crippen LogP contribution in [0.5, 0.6) is 5.75 Å². The first-order chi connectivity index (χ1) is 10.5. The summed E-state index contributed by atoms with van der Waals surface area (Å²) in [6.07, 6.45) is 0. The molecule has 0 fully saturated rings. The molecule has 0 aliphatic rings. The third-order valence-corrected chi connectivity index (χ3v) is 5.85. The van der Waals surface area contributed by atoms with Crippen molar-refractivity contribution >= 4 is 48.3 Å². The molecule has 1 N–H and O–H groups in total. The van der Waals surface area contributed by atoms with Crippen molar-refractivity contribution in [2.24, 2.45) is 0 Å². The molecule has 3 aromatic rings. The van der Waals surface area contributed by atoms with Gasteiger partial charge in [-0.05, 0) is 24.3 Å².